The number of nitrogens with zero attached hydrogens (tertiary/aromatic N) is 2. The predicted molar refractivity (Wildman–Crippen MR) is 63.0 cm³/mol. The average Bonchev–Trinajstić information content (AvgIpc) is 2.80. The third-order valence-corrected chi connectivity index (χ3v) is 2.73. The second-order valence-electron chi connectivity index (χ2n) is 3.92. The minimum absolute atomic E-state index is 0.265. The molecule has 1 unspecified atom stereocenters. The molecule has 1 aromatic heterocycles. The lowest BCUT2D eigenvalue weighted by atomic mass is 10.1. The number of hydrogen-bond acceptors (Lipinski definition) is 2. The highest BCUT2D eigenvalue weighted by Gasteiger charge is 2.13. The summed E-state index contributed by atoms with van der Waals surface area (Å²) in [7, 11) is 0. The van der Waals surface area contributed by atoms with E-state index in [1.54, 1.807) is 18.3 Å². The van der Waals surface area contributed by atoms with Crippen molar-refractivity contribution in [2.24, 2.45) is 0 Å². The highest BCUT2D eigenvalue weighted by molar-refractivity contribution is 5.18. The zero-order chi connectivity index (χ0) is 12.3. The largest absolute Gasteiger partial charge is 0.385 e. The molecule has 1 heterocycles. The monoisotopic (exact) mass is 234 g/mol. The molecule has 2 rings (SSSR count). The number of benzene rings is 1. The summed E-state index contributed by atoms with van der Waals surface area (Å²) in [6, 6.07) is 6.15. The molecule has 0 amide bonds. The molecule has 0 saturated heterocycles. The first-order chi connectivity index (χ1) is 8.20. The van der Waals surface area contributed by atoms with E-state index in [0.29, 0.717) is 12.2 Å². The molecule has 3 nitrogen and oxygen atoms in total. The van der Waals surface area contributed by atoms with Gasteiger partial charge in [-0.1, -0.05) is 12.1 Å². The second-order valence-corrected chi connectivity index (χ2v) is 3.92. The topological polar surface area (TPSA) is 38.0 Å². The Balaban J connectivity index is 2.11. The molecule has 0 saturated carbocycles. The predicted octanol–water partition coefficient (Wildman–Crippen LogP) is 2.32. The van der Waals surface area contributed by atoms with E-state index in [1.807, 2.05) is 17.7 Å². The van der Waals surface area contributed by atoms with Crippen LogP contribution in [0.4, 0.5) is 4.39 Å². The molecule has 0 aliphatic rings. The quantitative estimate of drug-likeness (QED) is 0.881. The maximum absolute atomic E-state index is 12.7. The standard InChI is InChI=1S/C13H15FN2O/c1-2-16-8-7-15-13(16)12(17)9-10-3-5-11(14)6-4-10/h3-8,12,17H,2,9H2,1H3. The fourth-order valence-corrected chi connectivity index (χ4v) is 1.82. The van der Waals surface area contributed by atoms with Gasteiger partial charge in [-0.15, -0.1) is 0 Å². The average molecular weight is 234 g/mol. The van der Waals surface area contributed by atoms with Gasteiger partial charge in [-0.25, -0.2) is 9.37 Å². The van der Waals surface area contributed by atoms with Gasteiger partial charge in [0, 0.05) is 25.4 Å². The number of aromatic nitrogens is 2. The second kappa shape index (κ2) is 5.10. The number of aliphatic hydroxyl groups excluding tert-OH is 1. The molecule has 0 bridgehead atoms. The van der Waals surface area contributed by atoms with Crippen LogP contribution in [0.25, 0.3) is 0 Å². The van der Waals surface area contributed by atoms with Gasteiger partial charge >= 0.3 is 0 Å². The summed E-state index contributed by atoms with van der Waals surface area (Å²) >= 11 is 0. The summed E-state index contributed by atoms with van der Waals surface area (Å²) in [6.45, 7) is 2.77. The lowest BCUT2D eigenvalue weighted by molar-refractivity contribution is 0.164. The van der Waals surface area contributed by atoms with Crippen molar-refractivity contribution < 1.29 is 9.50 Å². The van der Waals surface area contributed by atoms with Gasteiger partial charge < -0.3 is 9.67 Å². The summed E-state index contributed by atoms with van der Waals surface area (Å²) in [6.07, 6.45) is 3.29. The van der Waals surface area contributed by atoms with Crippen molar-refractivity contribution >= 4 is 0 Å². The molecule has 2 aromatic rings. The van der Waals surface area contributed by atoms with Crippen LogP contribution in [0, 0.1) is 5.82 Å². The number of rotatable bonds is 4. The summed E-state index contributed by atoms with van der Waals surface area (Å²) in [5.41, 5.74) is 0.893. The normalized spacial score (nSPS) is 12.6. The van der Waals surface area contributed by atoms with Crippen LogP contribution in [0.5, 0.6) is 0 Å². The zero-order valence-corrected chi connectivity index (χ0v) is 9.68. The Hall–Kier alpha value is -1.68. The van der Waals surface area contributed by atoms with Gasteiger partial charge in [0.1, 0.15) is 17.7 Å². The van der Waals surface area contributed by atoms with E-state index in [9.17, 15) is 9.50 Å². The smallest absolute Gasteiger partial charge is 0.137 e. The van der Waals surface area contributed by atoms with E-state index in [-0.39, 0.29) is 5.82 Å². The molecular formula is C13H15FN2O. The molecule has 0 spiro atoms. The van der Waals surface area contributed by atoms with Gasteiger partial charge in [-0.2, -0.15) is 0 Å². The van der Waals surface area contributed by atoms with E-state index in [4.69, 9.17) is 0 Å². The SMILES string of the molecule is CCn1ccnc1C(O)Cc1ccc(F)cc1. The van der Waals surface area contributed by atoms with Crippen molar-refractivity contribution in [2.45, 2.75) is 26.0 Å². The fourth-order valence-electron chi connectivity index (χ4n) is 1.82. The van der Waals surface area contributed by atoms with Gasteiger partial charge in [-0.05, 0) is 24.6 Å². The van der Waals surface area contributed by atoms with Gasteiger partial charge in [0.25, 0.3) is 0 Å². The van der Waals surface area contributed by atoms with Crippen LogP contribution in [0.3, 0.4) is 0 Å². The first kappa shape index (κ1) is 11.8. The molecule has 17 heavy (non-hydrogen) atoms. The Morgan fingerprint density at radius 2 is 2.06 bits per heavy atom. The Morgan fingerprint density at radius 1 is 1.35 bits per heavy atom. The van der Waals surface area contributed by atoms with E-state index in [2.05, 4.69) is 4.98 Å². The number of aliphatic hydroxyl groups is 1. The molecule has 0 radical (unpaired) electrons. The first-order valence-electron chi connectivity index (χ1n) is 5.64. The summed E-state index contributed by atoms with van der Waals surface area (Å²) in [5, 5.41) is 10.1. The lowest BCUT2D eigenvalue weighted by Crippen LogP contribution is -2.10. The Bertz CT molecular complexity index is 478. The highest BCUT2D eigenvalue weighted by Crippen LogP contribution is 2.17. The molecule has 1 atom stereocenters. The Morgan fingerprint density at radius 3 is 2.71 bits per heavy atom. The van der Waals surface area contributed by atoms with Crippen molar-refractivity contribution in [1.82, 2.24) is 9.55 Å². The molecule has 0 fully saturated rings. The van der Waals surface area contributed by atoms with Crippen LogP contribution in [0.15, 0.2) is 36.7 Å². The molecular weight excluding hydrogens is 219 g/mol. The minimum Gasteiger partial charge on any atom is -0.385 e. The van der Waals surface area contributed by atoms with Crippen LogP contribution in [0.2, 0.25) is 0 Å². The van der Waals surface area contributed by atoms with Crippen LogP contribution in [0.1, 0.15) is 24.4 Å². The van der Waals surface area contributed by atoms with Gasteiger partial charge in [0.2, 0.25) is 0 Å². The van der Waals surface area contributed by atoms with Crippen molar-refractivity contribution in [1.29, 1.82) is 0 Å². The summed E-state index contributed by atoms with van der Waals surface area (Å²) < 4.78 is 14.6. The number of imidazole rings is 1. The van der Waals surface area contributed by atoms with Crippen molar-refractivity contribution in [2.75, 3.05) is 0 Å². The lowest BCUT2D eigenvalue weighted by Gasteiger charge is -2.12. The minimum atomic E-state index is -0.657. The number of halogens is 1. The third-order valence-electron chi connectivity index (χ3n) is 2.73. The first-order valence-corrected chi connectivity index (χ1v) is 5.64. The molecule has 1 N–H and O–H groups in total. The van der Waals surface area contributed by atoms with Crippen LogP contribution >= 0.6 is 0 Å². The molecule has 0 aliphatic heterocycles. The number of aryl methyl sites for hydroxylation is 1. The number of hydrogen-bond donors (Lipinski definition) is 1. The molecule has 4 heteroatoms. The van der Waals surface area contributed by atoms with Crippen LogP contribution < -0.4 is 0 Å². The Labute approximate surface area is 99.5 Å². The van der Waals surface area contributed by atoms with E-state index in [1.165, 1.54) is 12.1 Å². The van der Waals surface area contributed by atoms with Crippen LogP contribution in [-0.4, -0.2) is 14.7 Å². The maximum Gasteiger partial charge on any atom is 0.137 e. The van der Waals surface area contributed by atoms with Gasteiger partial charge in [0.15, 0.2) is 0 Å². The highest BCUT2D eigenvalue weighted by atomic mass is 19.1. The van der Waals surface area contributed by atoms with Gasteiger partial charge in [0.05, 0.1) is 0 Å². The summed E-state index contributed by atoms with van der Waals surface area (Å²) in [4.78, 5) is 4.14. The maximum atomic E-state index is 12.7. The van der Waals surface area contributed by atoms with Crippen molar-refractivity contribution in [3.8, 4) is 0 Å². The third kappa shape index (κ3) is 2.71. The van der Waals surface area contributed by atoms with Crippen molar-refractivity contribution in [3.05, 3.63) is 53.9 Å². The Kier molecular flexibility index (Phi) is 3.54. The molecule has 90 valence electrons. The van der Waals surface area contributed by atoms with E-state index in [0.717, 1.165) is 12.1 Å². The molecule has 1 aromatic carbocycles. The van der Waals surface area contributed by atoms with E-state index < -0.39 is 6.10 Å². The van der Waals surface area contributed by atoms with Crippen molar-refractivity contribution in [3.63, 3.8) is 0 Å². The van der Waals surface area contributed by atoms with E-state index >= 15 is 0 Å². The summed E-state index contributed by atoms with van der Waals surface area (Å²) in [5.74, 6) is 0.384. The van der Waals surface area contributed by atoms with Crippen LogP contribution in [-0.2, 0) is 13.0 Å². The fraction of sp³-hybridized carbons (Fsp3) is 0.308. The van der Waals surface area contributed by atoms with Gasteiger partial charge in [-0.3, -0.25) is 0 Å². The molecule has 0 aliphatic carbocycles. The zero-order valence-electron chi connectivity index (χ0n) is 9.68.